The highest BCUT2D eigenvalue weighted by Gasteiger charge is 2.46. The summed E-state index contributed by atoms with van der Waals surface area (Å²) in [4.78, 5) is 14.9. The van der Waals surface area contributed by atoms with Crippen LogP contribution in [0.5, 0.6) is 11.5 Å². The molecular weight excluding hydrogens is 318 g/mol. The number of carbonyl (C=O) groups is 1. The molecule has 5 heteroatoms. The second-order valence-electron chi connectivity index (χ2n) is 7.26. The van der Waals surface area contributed by atoms with Crippen LogP contribution in [-0.4, -0.2) is 51.3 Å². The first kappa shape index (κ1) is 18.1. The van der Waals surface area contributed by atoms with Crippen molar-refractivity contribution < 1.29 is 19.0 Å². The zero-order valence-electron chi connectivity index (χ0n) is 15.5. The molecule has 138 valence electrons. The summed E-state index contributed by atoms with van der Waals surface area (Å²) in [6, 6.07) is 5.69. The molecule has 1 saturated heterocycles. The largest absolute Gasteiger partial charge is 0.493 e. The summed E-state index contributed by atoms with van der Waals surface area (Å²) < 4.78 is 16.3. The maximum absolute atomic E-state index is 12.9. The first-order chi connectivity index (χ1) is 12.1. The highest BCUT2D eigenvalue weighted by atomic mass is 16.5. The standard InChI is InChI=1S/C20H29NO4/c1-23-16-8-7-15(12-17(16)24-2)13-19(22)21-11-5-10-20(14-21)9-4-6-18(20)25-3/h7-8,12,18H,4-6,9-11,13-14H2,1-3H3/t18-,20+/m1/s1. The maximum atomic E-state index is 12.9. The molecule has 1 aromatic carbocycles. The van der Waals surface area contributed by atoms with Gasteiger partial charge >= 0.3 is 0 Å². The molecule has 1 amide bonds. The Bertz CT molecular complexity index is 618. The van der Waals surface area contributed by atoms with E-state index in [4.69, 9.17) is 14.2 Å². The van der Waals surface area contributed by atoms with Crippen LogP contribution in [0.25, 0.3) is 0 Å². The number of piperidine rings is 1. The van der Waals surface area contributed by atoms with Gasteiger partial charge in [0, 0.05) is 25.6 Å². The molecule has 1 aromatic rings. The lowest BCUT2D eigenvalue weighted by Gasteiger charge is -2.43. The van der Waals surface area contributed by atoms with Gasteiger partial charge in [0.05, 0.1) is 26.7 Å². The van der Waals surface area contributed by atoms with E-state index >= 15 is 0 Å². The third-order valence-corrected chi connectivity index (χ3v) is 5.87. The highest BCUT2D eigenvalue weighted by molar-refractivity contribution is 5.79. The van der Waals surface area contributed by atoms with Crippen molar-refractivity contribution in [2.45, 2.75) is 44.6 Å². The highest BCUT2D eigenvalue weighted by Crippen LogP contribution is 2.46. The zero-order valence-corrected chi connectivity index (χ0v) is 15.5. The summed E-state index contributed by atoms with van der Waals surface area (Å²) in [5.74, 6) is 1.54. The lowest BCUT2D eigenvalue weighted by molar-refractivity contribution is -0.136. The number of ether oxygens (including phenoxy) is 3. The van der Waals surface area contributed by atoms with Crippen LogP contribution in [-0.2, 0) is 16.0 Å². The van der Waals surface area contributed by atoms with E-state index in [0.717, 1.165) is 31.5 Å². The molecule has 1 aliphatic heterocycles. The number of hydrogen-bond donors (Lipinski definition) is 0. The van der Waals surface area contributed by atoms with Crippen LogP contribution in [0, 0.1) is 5.41 Å². The lowest BCUT2D eigenvalue weighted by Crippen LogP contribution is -2.50. The topological polar surface area (TPSA) is 48.0 Å². The van der Waals surface area contributed by atoms with Gasteiger partial charge in [-0.25, -0.2) is 0 Å². The average Bonchev–Trinajstić information content (AvgIpc) is 3.03. The van der Waals surface area contributed by atoms with Gasteiger partial charge < -0.3 is 19.1 Å². The maximum Gasteiger partial charge on any atom is 0.227 e. The fraction of sp³-hybridized carbons (Fsp3) is 0.650. The summed E-state index contributed by atoms with van der Waals surface area (Å²) in [6.07, 6.45) is 6.43. The molecule has 3 rings (SSSR count). The van der Waals surface area contributed by atoms with E-state index in [2.05, 4.69) is 0 Å². The van der Waals surface area contributed by atoms with E-state index in [9.17, 15) is 4.79 Å². The third kappa shape index (κ3) is 3.61. The molecule has 2 atom stereocenters. The zero-order chi connectivity index (χ0) is 17.9. The number of likely N-dealkylation sites (tertiary alicyclic amines) is 1. The van der Waals surface area contributed by atoms with E-state index in [1.807, 2.05) is 30.2 Å². The Morgan fingerprint density at radius 2 is 1.92 bits per heavy atom. The van der Waals surface area contributed by atoms with E-state index in [-0.39, 0.29) is 11.3 Å². The molecule has 1 spiro atoms. The predicted molar refractivity (Wildman–Crippen MR) is 96.1 cm³/mol. The molecule has 1 heterocycles. The van der Waals surface area contributed by atoms with E-state index < -0.39 is 0 Å². The molecule has 0 unspecified atom stereocenters. The van der Waals surface area contributed by atoms with E-state index in [1.54, 1.807) is 14.2 Å². The quantitative estimate of drug-likeness (QED) is 0.821. The molecule has 0 aromatic heterocycles. The van der Waals surface area contributed by atoms with Crippen molar-refractivity contribution >= 4 is 5.91 Å². The number of carbonyl (C=O) groups excluding carboxylic acids is 1. The van der Waals surface area contributed by atoms with Crippen molar-refractivity contribution in [3.63, 3.8) is 0 Å². The Labute approximate surface area is 150 Å². The third-order valence-electron chi connectivity index (χ3n) is 5.87. The van der Waals surface area contributed by atoms with Crippen LogP contribution in [0.2, 0.25) is 0 Å². The Morgan fingerprint density at radius 1 is 1.16 bits per heavy atom. The summed E-state index contributed by atoms with van der Waals surface area (Å²) in [5, 5.41) is 0. The Kier molecular flexibility index (Phi) is 5.52. The molecular formula is C20H29NO4. The van der Waals surface area contributed by atoms with Gasteiger partial charge in [0.15, 0.2) is 11.5 Å². The van der Waals surface area contributed by atoms with Gasteiger partial charge in [-0.1, -0.05) is 12.5 Å². The van der Waals surface area contributed by atoms with Crippen LogP contribution in [0.4, 0.5) is 0 Å². The van der Waals surface area contributed by atoms with Crippen molar-refractivity contribution in [2.24, 2.45) is 5.41 Å². The molecule has 2 aliphatic rings. The number of amides is 1. The second kappa shape index (κ2) is 7.65. The van der Waals surface area contributed by atoms with Crippen molar-refractivity contribution in [3.05, 3.63) is 23.8 Å². The van der Waals surface area contributed by atoms with Gasteiger partial charge in [-0.15, -0.1) is 0 Å². The number of rotatable bonds is 5. The van der Waals surface area contributed by atoms with Crippen LogP contribution >= 0.6 is 0 Å². The second-order valence-corrected chi connectivity index (χ2v) is 7.26. The first-order valence-corrected chi connectivity index (χ1v) is 9.13. The minimum atomic E-state index is 0.167. The fourth-order valence-corrected chi connectivity index (χ4v) is 4.59. The van der Waals surface area contributed by atoms with E-state index in [0.29, 0.717) is 24.0 Å². The molecule has 0 radical (unpaired) electrons. The Hall–Kier alpha value is -1.75. The lowest BCUT2D eigenvalue weighted by atomic mass is 9.76. The van der Waals surface area contributed by atoms with Gasteiger partial charge in [0.25, 0.3) is 0 Å². The van der Waals surface area contributed by atoms with Gasteiger partial charge in [0.2, 0.25) is 5.91 Å². The van der Waals surface area contributed by atoms with Crippen molar-refractivity contribution in [1.29, 1.82) is 0 Å². The summed E-state index contributed by atoms with van der Waals surface area (Å²) in [7, 11) is 5.04. The predicted octanol–water partition coefficient (Wildman–Crippen LogP) is 3.05. The number of hydrogen-bond acceptors (Lipinski definition) is 4. The van der Waals surface area contributed by atoms with Gasteiger partial charge in [0.1, 0.15) is 0 Å². The molecule has 25 heavy (non-hydrogen) atoms. The van der Waals surface area contributed by atoms with Crippen LogP contribution in [0.15, 0.2) is 18.2 Å². The number of methoxy groups -OCH3 is 3. The molecule has 0 bridgehead atoms. The summed E-state index contributed by atoms with van der Waals surface area (Å²) >= 11 is 0. The SMILES string of the molecule is COc1ccc(CC(=O)N2CCC[C@@]3(CCC[C@H]3OC)C2)cc1OC. The fourth-order valence-electron chi connectivity index (χ4n) is 4.59. The van der Waals surface area contributed by atoms with Gasteiger partial charge in [-0.3, -0.25) is 4.79 Å². The van der Waals surface area contributed by atoms with Crippen LogP contribution in [0.1, 0.15) is 37.7 Å². The van der Waals surface area contributed by atoms with Crippen LogP contribution < -0.4 is 9.47 Å². The monoisotopic (exact) mass is 347 g/mol. The summed E-state index contributed by atoms with van der Waals surface area (Å²) in [5.41, 5.74) is 1.12. The van der Waals surface area contributed by atoms with Gasteiger partial charge in [-0.2, -0.15) is 0 Å². The smallest absolute Gasteiger partial charge is 0.227 e. The summed E-state index contributed by atoms with van der Waals surface area (Å²) in [6.45, 7) is 1.68. The molecule has 2 fully saturated rings. The minimum Gasteiger partial charge on any atom is -0.493 e. The van der Waals surface area contributed by atoms with Crippen molar-refractivity contribution in [2.75, 3.05) is 34.4 Å². The number of nitrogens with zero attached hydrogens (tertiary/aromatic N) is 1. The van der Waals surface area contributed by atoms with E-state index in [1.165, 1.54) is 19.3 Å². The average molecular weight is 347 g/mol. The normalized spacial score (nSPS) is 26.0. The minimum absolute atomic E-state index is 0.167. The molecule has 1 saturated carbocycles. The first-order valence-electron chi connectivity index (χ1n) is 9.13. The van der Waals surface area contributed by atoms with Crippen molar-refractivity contribution in [1.82, 2.24) is 4.90 Å². The van der Waals surface area contributed by atoms with Crippen molar-refractivity contribution in [3.8, 4) is 11.5 Å². The molecule has 0 N–H and O–H groups in total. The number of benzene rings is 1. The molecule has 1 aliphatic carbocycles. The molecule has 5 nitrogen and oxygen atoms in total. The van der Waals surface area contributed by atoms with Crippen LogP contribution in [0.3, 0.4) is 0 Å². The Morgan fingerprint density at radius 3 is 2.64 bits per heavy atom. The Balaban J connectivity index is 1.69. The van der Waals surface area contributed by atoms with Gasteiger partial charge in [-0.05, 0) is 43.4 Å².